The molecule has 0 radical (unpaired) electrons. The number of anilines is 1. The molecule has 4 N–H and O–H groups in total. The molecule has 2 aromatic heterocycles. The monoisotopic (exact) mass is 317 g/mol. The lowest BCUT2D eigenvalue weighted by molar-refractivity contribution is 0.117. The van der Waals surface area contributed by atoms with E-state index in [2.05, 4.69) is 15.1 Å². The first-order valence-corrected chi connectivity index (χ1v) is 8.45. The second-order valence-electron chi connectivity index (χ2n) is 4.56. The molecule has 3 rings (SSSR count). The fraction of sp³-hybridized carbons (Fsp3) is 0.500. The Morgan fingerprint density at radius 2 is 2.40 bits per heavy atom. The molecule has 0 spiro atoms. The van der Waals surface area contributed by atoms with Crippen LogP contribution >= 0.6 is 11.3 Å². The van der Waals surface area contributed by atoms with Gasteiger partial charge in [-0.2, -0.15) is 4.98 Å². The van der Waals surface area contributed by atoms with Crippen LogP contribution in [-0.2, 0) is 14.8 Å². The molecule has 10 heteroatoms. The highest BCUT2D eigenvalue weighted by molar-refractivity contribution is 7.89. The molecule has 2 atom stereocenters. The molecule has 0 saturated carbocycles. The number of hydrogen-bond acceptors (Lipinski definition) is 7. The highest BCUT2D eigenvalue weighted by atomic mass is 32.2. The summed E-state index contributed by atoms with van der Waals surface area (Å²) >= 11 is 1.34. The van der Waals surface area contributed by atoms with Crippen molar-refractivity contribution in [3.8, 4) is 0 Å². The van der Waals surface area contributed by atoms with Crippen molar-refractivity contribution in [2.75, 3.05) is 12.0 Å². The minimum Gasteiger partial charge on any atom is -0.377 e. The van der Waals surface area contributed by atoms with Gasteiger partial charge in [0.25, 0.3) is 10.0 Å². The standard InChI is InChI=1S/C10H15N5O3S2/c1-6-7(2-4-18-6)14-20(16,17)9-8(13-11)12-10-15(9)3-5-19-10/h3,5-7,13-14H,2,4,11H2,1H3. The zero-order chi connectivity index (χ0) is 14.3. The first-order chi connectivity index (χ1) is 9.53. The predicted molar refractivity (Wildman–Crippen MR) is 75.0 cm³/mol. The lowest BCUT2D eigenvalue weighted by Gasteiger charge is -2.16. The zero-order valence-corrected chi connectivity index (χ0v) is 12.4. The molecule has 3 heterocycles. The Hall–Kier alpha value is -1.20. The Morgan fingerprint density at radius 3 is 3.05 bits per heavy atom. The zero-order valence-electron chi connectivity index (χ0n) is 10.7. The molecule has 1 fully saturated rings. The molecule has 0 aromatic carbocycles. The fourth-order valence-electron chi connectivity index (χ4n) is 2.26. The van der Waals surface area contributed by atoms with E-state index in [9.17, 15) is 8.42 Å². The van der Waals surface area contributed by atoms with Crippen LogP contribution in [0.5, 0.6) is 0 Å². The van der Waals surface area contributed by atoms with Gasteiger partial charge in [-0.15, -0.1) is 11.3 Å². The topological polar surface area (TPSA) is 111 Å². The molecular formula is C10H15N5O3S2. The van der Waals surface area contributed by atoms with Crippen molar-refractivity contribution in [2.45, 2.75) is 30.5 Å². The first-order valence-electron chi connectivity index (χ1n) is 6.09. The quantitative estimate of drug-likeness (QED) is 0.546. The summed E-state index contributed by atoms with van der Waals surface area (Å²) in [4.78, 5) is 4.71. The molecule has 1 aliphatic heterocycles. The Morgan fingerprint density at radius 1 is 1.60 bits per heavy atom. The molecule has 8 nitrogen and oxygen atoms in total. The number of fused-ring (bicyclic) bond motifs is 1. The van der Waals surface area contributed by atoms with Crippen LogP contribution in [0, 0.1) is 0 Å². The van der Waals surface area contributed by atoms with E-state index in [-0.39, 0.29) is 23.0 Å². The number of nitrogen functional groups attached to an aromatic ring is 1. The van der Waals surface area contributed by atoms with Crippen molar-refractivity contribution in [3.05, 3.63) is 11.6 Å². The largest absolute Gasteiger partial charge is 0.377 e. The Labute approximate surface area is 120 Å². The number of nitrogens with one attached hydrogen (secondary N) is 2. The minimum absolute atomic E-state index is 0.0235. The van der Waals surface area contributed by atoms with Crippen molar-refractivity contribution in [1.82, 2.24) is 14.1 Å². The van der Waals surface area contributed by atoms with Gasteiger partial charge in [0.1, 0.15) is 0 Å². The average molecular weight is 317 g/mol. The third-order valence-corrected chi connectivity index (χ3v) is 5.56. The van der Waals surface area contributed by atoms with Gasteiger partial charge in [-0.3, -0.25) is 4.40 Å². The molecule has 2 aromatic rings. The lowest BCUT2D eigenvalue weighted by atomic mass is 10.2. The summed E-state index contributed by atoms with van der Waals surface area (Å²) in [6.07, 6.45) is 2.15. The van der Waals surface area contributed by atoms with Crippen LogP contribution in [0.1, 0.15) is 13.3 Å². The lowest BCUT2D eigenvalue weighted by Crippen LogP contribution is -2.39. The third kappa shape index (κ3) is 2.19. The predicted octanol–water partition coefficient (Wildman–Crippen LogP) is 0.137. The Kier molecular flexibility index (Phi) is 3.42. The van der Waals surface area contributed by atoms with Crippen molar-refractivity contribution in [3.63, 3.8) is 0 Å². The fourth-order valence-corrected chi connectivity index (χ4v) is 4.61. The summed E-state index contributed by atoms with van der Waals surface area (Å²) in [5.74, 6) is 5.50. The van der Waals surface area contributed by atoms with Gasteiger partial charge in [0.2, 0.25) is 5.03 Å². The third-order valence-electron chi connectivity index (χ3n) is 3.29. The van der Waals surface area contributed by atoms with E-state index in [4.69, 9.17) is 10.6 Å². The summed E-state index contributed by atoms with van der Waals surface area (Å²) in [5.41, 5.74) is 2.34. The van der Waals surface area contributed by atoms with Gasteiger partial charge in [-0.25, -0.2) is 19.0 Å². The number of nitrogens with two attached hydrogens (primary N) is 1. The molecule has 20 heavy (non-hydrogen) atoms. The second-order valence-corrected chi connectivity index (χ2v) is 7.06. The van der Waals surface area contributed by atoms with Crippen LogP contribution in [0.2, 0.25) is 0 Å². The number of aromatic nitrogens is 2. The number of nitrogens with zero attached hydrogens (tertiary/aromatic N) is 2. The maximum Gasteiger partial charge on any atom is 0.260 e. The number of thiazole rings is 1. The molecule has 1 saturated heterocycles. The van der Waals surface area contributed by atoms with Crippen LogP contribution in [0.25, 0.3) is 4.96 Å². The van der Waals surface area contributed by atoms with Crippen molar-refractivity contribution >= 4 is 32.1 Å². The summed E-state index contributed by atoms with van der Waals surface area (Å²) in [5, 5.41) is 1.79. The Balaban J connectivity index is 2.01. The van der Waals surface area contributed by atoms with E-state index < -0.39 is 10.0 Å². The molecule has 110 valence electrons. The van der Waals surface area contributed by atoms with Gasteiger partial charge >= 0.3 is 0 Å². The maximum atomic E-state index is 12.6. The number of hydrazine groups is 1. The Bertz CT molecular complexity index is 722. The van der Waals surface area contributed by atoms with E-state index >= 15 is 0 Å². The maximum absolute atomic E-state index is 12.6. The van der Waals surface area contributed by atoms with E-state index in [1.807, 2.05) is 6.92 Å². The van der Waals surface area contributed by atoms with Crippen LogP contribution in [0.4, 0.5) is 5.82 Å². The van der Waals surface area contributed by atoms with Crippen molar-refractivity contribution < 1.29 is 13.2 Å². The average Bonchev–Trinajstić information content (AvgIpc) is 3.04. The van der Waals surface area contributed by atoms with Crippen LogP contribution < -0.4 is 16.0 Å². The summed E-state index contributed by atoms with van der Waals surface area (Å²) in [7, 11) is -3.74. The summed E-state index contributed by atoms with van der Waals surface area (Å²) in [6, 6.07) is -0.241. The van der Waals surface area contributed by atoms with Crippen LogP contribution in [0.3, 0.4) is 0 Å². The van der Waals surface area contributed by atoms with Gasteiger partial charge in [0.15, 0.2) is 10.8 Å². The molecule has 1 aliphatic rings. The molecule has 0 amide bonds. The van der Waals surface area contributed by atoms with E-state index in [1.165, 1.54) is 15.7 Å². The normalized spacial score (nSPS) is 23.5. The highest BCUT2D eigenvalue weighted by Gasteiger charge is 2.33. The van der Waals surface area contributed by atoms with Gasteiger partial charge in [0.05, 0.1) is 12.1 Å². The van der Waals surface area contributed by atoms with Gasteiger partial charge in [-0.1, -0.05) is 0 Å². The van der Waals surface area contributed by atoms with Crippen molar-refractivity contribution in [2.24, 2.45) is 5.84 Å². The van der Waals surface area contributed by atoms with Gasteiger partial charge in [0, 0.05) is 18.2 Å². The van der Waals surface area contributed by atoms with Crippen molar-refractivity contribution in [1.29, 1.82) is 0 Å². The molecular weight excluding hydrogens is 302 g/mol. The van der Waals surface area contributed by atoms with Gasteiger partial charge in [-0.05, 0) is 13.3 Å². The number of rotatable bonds is 4. The van der Waals surface area contributed by atoms with Crippen LogP contribution in [-0.4, -0.2) is 36.6 Å². The number of hydrogen-bond donors (Lipinski definition) is 3. The smallest absolute Gasteiger partial charge is 0.260 e. The summed E-state index contributed by atoms with van der Waals surface area (Å²) in [6.45, 7) is 2.40. The van der Waals surface area contributed by atoms with Crippen LogP contribution in [0.15, 0.2) is 16.6 Å². The van der Waals surface area contributed by atoms with E-state index in [1.54, 1.807) is 11.6 Å². The molecule has 2 unspecified atom stereocenters. The molecule has 0 bridgehead atoms. The molecule has 0 aliphatic carbocycles. The number of imidazole rings is 1. The number of ether oxygens (including phenoxy) is 1. The number of sulfonamides is 1. The first kappa shape index (κ1) is 13.8. The SMILES string of the molecule is CC1OCCC1NS(=O)(=O)c1c(NN)nc2sccn12. The highest BCUT2D eigenvalue weighted by Crippen LogP contribution is 2.26. The summed E-state index contributed by atoms with van der Waals surface area (Å²) < 4.78 is 34.7. The second kappa shape index (κ2) is 4.97. The van der Waals surface area contributed by atoms with Gasteiger partial charge < -0.3 is 10.2 Å². The van der Waals surface area contributed by atoms with E-state index in [0.29, 0.717) is 18.0 Å². The van der Waals surface area contributed by atoms with E-state index in [0.717, 1.165) is 0 Å². The minimum atomic E-state index is -3.74.